The van der Waals surface area contributed by atoms with Gasteiger partial charge >= 0.3 is 6.03 Å². The maximum absolute atomic E-state index is 11.7. The van der Waals surface area contributed by atoms with Crippen molar-refractivity contribution in [3.63, 3.8) is 0 Å². The fraction of sp³-hybridized carbons (Fsp3) is 0.214. The van der Waals surface area contributed by atoms with Gasteiger partial charge in [0.25, 0.3) is 0 Å². The van der Waals surface area contributed by atoms with Gasteiger partial charge in [-0.05, 0) is 36.1 Å². The highest BCUT2D eigenvalue weighted by Gasteiger charge is 2.11. The molecule has 2 aromatic rings. The van der Waals surface area contributed by atoms with E-state index in [9.17, 15) is 4.79 Å². The summed E-state index contributed by atoms with van der Waals surface area (Å²) in [5.41, 5.74) is 2.71. The van der Waals surface area contributed by atoms with Gasteiger partial charge < -0.3 is 10.1 Å². The second-order valence-electron chi connectivity index (χ2n) is 4.36. The van der Waals surface area contributed by atoms with Crippen molar-refractivity contribution in [3.05, 3.63) is 46.8 Å². The number of nitrogens with zero attached hydrogens (tertiary/aromatic N) is 1. The zero-order valence-electron chi connectivity index (χ0n) is 11.4. The molecule has 0 spiro atoms. The van der Waals surface area contributed by atoms with Crippen LogP contribution < -0.4 is 15.9 Å². The molecule has 2 amide bonds. The van der Waals surface area contributed by atoms with Gasteiger partial charge in [0.05, 0.1) is 0 Å². The first-order valence-electron chi connectivity index (χ1n) is 6.12. The summed E-state index contributed by atoms with van der Waals surface area (Å²) in [7, 11) is 1.49. The number of hydrazine groups is 1. The monoisotopic (exact) mass is 291 g/mol. The molecule has 0 saturated carbocycles. The van der Waals surface area contributed by atoms with Crippen molar-refractivity contribution in [2.24, 2.45) is 5.84 Å². The predicted molar refractivity (Wildman–Crippen MR) is 80.8 cm³/mol. The number of carbonyl (C=O) groups excluding carboxylic acids is 1. The van der Waals surface area contributed by atoms with Crippen molar-refractivity contribution in [1.29, 1.82) is 0 Å². The lowest BCUT2D eigenvalue weighted by atomic mass is 10.1. The number of carbonyl (C=O) groups is 1. The number of amides is 2. The van der Waals surface area contributed by atoms with E-state index in [1.165, 1.54) is 18.4 Å². The smallest absolute Gasteiger partial charge is 0.335 e. The van der Waals surface area contributed by atoms with Crippen LogP contribution in [0.25, 0.3) is 0 Å². The third-order valence-electron chi connectivity index (χ3n) is 2.83. The summed E-state index contributed by atoms with van der Waals surface area (Å²) in [6.07, 6.45) is 0. The molecule has 0 aliphatic heterocycles. The molecule has 3 N–H and O–H groups in total. The molecule has 106 valence electrons. The van der Waals surface area contributed by atoms with E-state index in [0.717, 1.165) is 21.2 Å². The number of urea groups is 1. The molecule has 0 aliphatic carbocycles. The summed E-state index contributed by atoms with van der Waals surface area (Å²) in [4.78, 5) is 11.7. The molecule has 5 nitrogen and oxygen atoms in total. The first kappa shape index (κ1) is 14.4. The summed E-state index contributed by atoms with van der Waals surface area (Å²) in [6.45, 7) is 2.38. The highest BCUT2D eigenvalue weighted by Crippen LogP contribution is 2.24. The van der Waals surface area contributed by atoms with Crippen molar-refractivity contribution in [3.8, 4) is 5.06 Å². The summed E-state index contributed by atoms with van der Waals surface area (Å²) in [5.74, 6) is 5.41. The molecule has 0 bridgehead atoms. The molecule has 1 aromatic carbocycles. The Morgan fingerprint density at radius 2 is 2.20 bits per heavy atom. The largest absolute Gasteiger partial charge is 0.479 e. The highest BCUT2D eigenvalue weighted by molar-refractivity contribution is 7.11. The first-order valence-corrected chi connectivity index (χ1v) is 7.00. The molecule has 0 unspecified atom stereocenters. The number of thiophene rings is 1. The molecule has 0 atom stereocenters. The van der Waals surface area contributed by atoms with Gasteiger partial charge in [-0.3, -0.25) is 5.01 Å². The van der Waals surface area contributed by atoms with E-state index in [0.29, 0.717) is 12.3 Å². The Labute approximate surface area is 121 Å². The molecule has 1 aromatic heterocycles. The lowest BCUT2D eigenvalue weighted by Gasteiger charge is -2.16. The Bertz CT molecular complexity index is 582. The standard InChI is InChI=1S/C14H17N3O2S/c1-10-5-3-6-12(16-14(18)17(2)15)11(10)9-19-13-7-4-8-20-13/h3-8H,9,15H2,1-2H3,(H,16,18). The van der Waals surface area contributed by atoms with Gasteiger partial charge in [0, 0.05) is 18.3 Å². The van der Waals surface area contributed by atoms with E-state index >= 15 is 0 Å². The average Bonchev–Trinajstić information content (AvgIpc) is 2.91. The van der Waals surface area contributed by atoms with Gasteiger partial charge in [0.15, 0.2) is 5.06 Å². The number of nitrogens with two attached hydrogens (primary N) is 1. The van der Waals surface area contributed by atoms with Crippen LogP contribution in [-0.4, -0.2) is 18.1 Å². The summed E-state index contributed by atoms with van der Waals surface area (Å²) in [6, 6.07) is 9.18. The Balaban J connectivity index is 2.15. The van der Waals surface area contributed by atoms with Crippen molar-refractivity contribution >= 4 is 23.1 Å². The van der Waals surface area contributed by atoms with Gasteiger partial charge in [0.2, 0.25) is 0 Å². The van der Waals surface area contributed by atoms with Crippen LogP contribution in [0.5, 0.6) is 5.06 Å². The molecular formula is C14H17N3O2S. The third kappa shape index (κ3) is 3.49. The summed E-state index contributed by atoms with van der Waals surface area (Å²) < 4.78 is 5.72. The maximum atomic E-state index is 11.7. The van der Waals surface area contributed by atoms with Crippen molar-refractivity contribution in [2.75, 3.05) is 12.4 Å². The van der Waals surface area contributed by atoms with E-state index in [1.54, 1.807) is 0 Å². The Morgan fingerprint density at radius 3 is 2.85 bits per heavy atom. The maximum Gasteiger partial charge on any atom is 0.335 e. The molecule has 2 rings (SSSR count). The van der Waals surface area contributed by atoms with Gasteiger partial charge in [-0.2, -0.15) is 0 Å². The number of benzene rings is 1. The first-order chi connectivity index (χ1) is 9.58. The number of anilines is 1. The van der Waals surface area contributed by atoms with Crippen LogP contribution in [0.1, 0.15) is 11.1 Å². The number of nitrogens with one attached hydrogen (secondary N) is 1. The zero-order chi connectivity index (χ0) is 14.5. The minimum Gasteiger partial charge on any atom is -0.479 e. The van der Waals surface area contributed by atoms with Crippen molar-refractivity contribution < 1.29 is 9.53 Å². The molecule has 0 aliphatic rings. The van der Waals surface area contributed by atoms with Gasteiger partial charge in [0.1, 0.15) is 6.61 Å². The van der Waals surface area contributed by atoms with Crippen LogP contribution in [0.3, 0.4) is 0 Å². The average molecular weight is 291 g/mol. The predicted octanol–water partition coefficient (Wildman–Crippen LogP) is 2.97. The van der Waals surface area contributed by atoms with Crippen LogP contribution in [0, 0.1) is 6.92 Å². The van der Waals surface area contributed by atoms with Crippen LogP contribution in [0.4, 0.5) is 10.5 Å². The zero-order valence-corrected chi connectivity index (χ0v) is 12.2. The number of rotatable bonds is 4. The van der Waals surface area contributed by atoms with Crippen molar-refractivity contribution in [1.82, 2.24) is 5.01 Å². The van der Waals surface area contributed by atoms with E-state index in [-0.39, 0.29) is 6.03 Å². The Kier molecular flexibility index (Phi) is 4.60. The lowest BCUT2D eigenvalue weighted by Crippen LogP contribution is -2.37. The number of ether oxygens (including phenoxy) is 1. The van der Waals surface area contributed by atoms with Crippen LogP contribution in [0.15, 0.2) is 35.7 Å². The Hall–Kier alpha value is -2.05. The number of aryl methyl sites for hydroxylation is 1. The molecule has 6 heteroatoms. The fourth-order valence-corrected chi connectivity index (χ4v) is 2.28. The lowest BCUT2D eigenvalue weighted by molar-refractivity contribution is 0.223. The molecule has 20 heavy (non-hydrogen) atoms. The number of hydrogen-bond acceptors (Lipinski definition) is 4. The van der Waals surface area contributed by atoms with Crippen LogP contribution >= 0.6 is 11.3 Å². The minimum atomic E-state index is -0.368. The van der Waals surface area contributed by atoms with Crippen LogP contribution in [0.2, 0.25) is 0 Å². The molecule has 0 fully saturated rings. The van der Waals surface area contributed by atoms with Gasteiger partial charge in [-0.25, -0.2) is 10.6 Å². The normalized spacial score (nSPS) is 10.2. The van der Waals surface area contributed by atoms with E-state index in [2.05, 4.69) is 5.32 Å². The quantitative estimate of drug-likeness (QED) is 0.517. The topological polar surface area (TPSA) is 67.6 Å². The minimum absolute atomic E-state index is 0.368. The van der Waals surface area contributed by atoms with Crippen molar-refractivity contribution in [2.45, 2.75) is 13.5 Å². The Morgan fingerprint density at radius 1 is 1.40 bits per heavy atom. The highest BCUT2D eigenvalue weighted by atomic mass is 32.1. The third-order valence-corrected chi connectivity index (χ3v) is 3.61. The van der Waals surface area contributed by atoms with E-state index in [4.69, 9.17) is 10.6 Å². The molecule has 0 saturated heterocycles. The van der Waals surface area contributed by atoms with Gasteiger partial charge in [-0.15, -0.1) is 11.3 Å². The summed E-state index contributed by atoms with van der Waals surface area (Å²) >= 11 is 1.53. The van der Waals surface area contributed by atoms with Crippen LogP contribution in [-0.2, 0) is 6.61 Å². The molecule has 1 heterocycles. The number of hydrogen-bond donors (Lipinski definition) is 2. The second-order valence-corrected chi connectivity index (χ2v) is 5.27. The second kappa shape index (κ2) is 6.40. The van der Waals surface area contributed by atoms with E-state index < -0.39 is 0 Å². The van der Waals surface area contributed by atoms with E-state index in [1.807, 2.05) is 42.6 Å². The van der Waals surface area contributed by atoms with Gasteiger partial charge in [-0.1, -0.05) is 12.1 Å². The molecular weight excluding hydrogens is 274 g/mol. The SMILES string of the molecule is Cc1cccc(NC(=O)N(C)N)c1COc1cccs1. The fourth-order valence-electron chi connectivity index (χ4n) is 1.70. The summed E-state index contributed by atoms with van der Waals surface area (Å²) in [5, 5.41) is 6.58. The molecule has 0 radical (unpaired) electrons.